The van der Waals surface area contributed by atoms with E-state index in [1.54, 1.807) is 18.2 Å². The number of thiazole rings is 1. The number of aryl methyl sites for hydroxylation is 1. The highest BCUT2D eigenvalue weighted by atomic mass is 35.5. The number of carbonyl (C=O) groups is 1. The molecule has 1 N–H and O–H groups in total. The van der Waals surface area contributed by atoms with E-state index in [0.29, 0.717) is 5.69 Å². The first kappa shape index (κ1) is 14.9. The summed E-state index contributed by atoms with van der Waals surface area (Å²) in [6, 6.07) is 6.80. The zero-order valence-corrected chi connectivity index (χ0v) is 12.9. The van der Waals surface area contributed by atoms with Gasteiger partial charge in [-0.15, -0.1) is 11.3 Å². The largest absolute Gasteiger partial charge is 0.322 e. The van der Waals surface area contributed by atoms with Crippen LogP contribution in [0.25, 0.3) is 10.2 Å². The van der Waals surface area contributed by atoms with Crippen molar-refractivity contribution < 1.29 is 13.6 Å². The Morgan fingerprint density at radius 2 is 1.95 bits per heavy atom. The van der Waals surface area contributed by atoms with Crippen molar-refractivity contribution in [3.05, 3.63) is 57.6 Å². The number of nitrogens with zero attached hydrogens (tertiary/aromatic N) is 1. The van der Waals surface area contributed by atoms with Gasteiger partial charge >= 0.3 is 0 Å². The fourth-order valence-electron chi connectivity index (χ4n) is 2.01. The number of rotatable bonds is 2. The fraction of sp³-hybridized carbons (Fsp3) is 0.0667. The van der Waals surface area contributed by atoms with Crippen LogP contribution in [0.5, 0.6) is 0 Å². The van der Waals surface area contributed by atoms with Crippen molar-refractivity contribution in [1.29, 1.82) is 0 Å². The molecule has 0 spiro atoms. The maximum Gasteiger partial charge on any atom is 0.257 e. The van der Waals surface area contributed by atoms with Crippen molar-refractivity contribution in [2.24, 2.45) is 0 Å². The molecule has 22 heavy (non-hydrogen) atoms. The predicted molar refractivity (Wildman–Crippen MR) is 83.7 cm³/mol. The predicted octanol–water partition coefficient (Wildman–Crippen LogP) is 4.79. The van der Waals surface area contributed by atoms with Crippen molar-refractivity contribution in [2.75, 3.05) is 5.32 Å². The molecular formula is C15H9ClF2N2OS. The molecule has 0 atom stereocenters. The highest BCUT2D eigenvalue weighted by Crippen LogP contribution is 2.26. The Balaban J connectivity index is 1.90. The third kappa shape index (κ3) is 2.80. The smallest absolute Gasteiger partial charge is 0.257 e. The molecule has 7 heteroatoms. The van der Waals surface area contributed by atoms with Gasteiger partial charge in [0.2, 0.25) is 0 Å². The molecule has 1 amide bonds. The minimum Gasteiger partial charge on any atom is -0.322 e. The summed E-state index contributed by atoms with van der Waals surface area (Å²) < 4.78 is 27.2. The number of nitrogens with one attached hydrogen (secondary N) is 1. The van der Waals surface area contributed by atoms with E-state index in [4.69, 9.17) is 11.6 Å². The lowest BCUT2D eigenvalue weighted by Crippen LogP contribution is -2.13. The van der Waals surface area contributed by atoms with Gasteiger partial charge in [-0.3, -0.25) is 4.79 Å². The van der Waals surface area contributed by atoms with Crippen LogP contribution >= 0.6 is 22.9 Å². The molecule has 0 radical (unpaired) electrons. The third-order valence-electron chi connectivity index (χ3n) is 3.01. The third-order valence-corrected chi connectivity index (χ3v) is 4.25. The number of fused-ring (bicyclic) bond motifs is 1. The molecule has 1 heterocycles. The van der Waals surface area contributed by atoms with Crippen molar-refractivity contribution >= 4 is 44.7 Å². The van der Waals surface area contributed by atoms with E-state index in [2.05, 4.69) is 10.3 Å². The summed E-state index contributed by atoms with van der Waals surface area (Å²) in [5, 5.41) is 3.39. The summed E-state index contributed by atoms with van der Waals surface area (Å²) in [5.41, 5.74) is 1.24. The van der Waals surface area contributed by atoms with E-state index in [1.807, 2.05) is 6.92 Å². The lowest BCUT2D eigenvalue weighted by molar-refractivity contribution is 0.102. The van der Waals surface area contributed by atoms with Crippen LogP contribution in [0.4, 0.5) is 14.5 Å². The maximum absolute atomic E-state index is 13.2. The minimum atomic E-state index is -1.12. The molecule has 3 aromatic rings. The molecule has 0 aliphatic heterocycles. The van der Waals surface area contributed by atoms with Gasteiger partial charge in [0.05, 0.1) is 25.8 Å². The van der Waals surface area contributed by atoms with E-state index in [-0.39, 0.29) is 10.6 Å². The number of halogens is 3. The van der Waals surface area contributed by atoms with E-state index in [1.165, 1.54) is 11.3 Å². The average molecular weight is 339 g/mol. The quantitative estimate of drug-likeness (QED) is 0.683. The van der Waals surface area contributed by atoms with Gasteiger partial charge in [0.15, 0.2) is 11.6 Å². The van der Waals surface area contributed by atoms with Gasteiger partial charge in [0, 0.05) is 5.69 Å². The summed E-state index contributed by atoms with van der Waals surface area (Å²) >= 11 is 7.28. The molecule has 112 valence electrons. The SMILES string of the molecule is Cc1nc2ccc(NC(=O)c3cc(F)c(F)cc3Cl)cc2s1. The highest BCUT2D eigenvalue weighted by Gasteiger charge is 2.15. The van der Waals surface area contributed by atoms with E-state index < -0.39 is 17.5 Å². The number of amides is 1. The first-order chi connectivity index (χ1) is 10.4. The molecule has 3 nitrogen and oxygen atoms in total. The minimum absolute atomic E-state index is 0.124. The molecule has 2 aromatic carbocycles. The number of aromatic nitrogens is 1. The van der Waals surface area contributed by atoms with Crippen LogP contribution in [0, 0.1) is 18.6 Å². The van der Waals surface area contributed by atoms with E-state index >= 15 is 0 Å². The van der Waals surface area contributed by atoms with Crippen LogP contribution < -0.4 is 5.32 Å². The number of benzene rings is 2. The molecule has 0 fully saturated rings. The molecule has 0 saturated heterocycles. The van der Waals surface area contributed by atoms with Gasteiger partial charge in [-0.05, 0) is 37.3 Å². The second-order valence-electron chi connectivity index (χ2n) is 4.62. The Morgan fingerprint density at radius 3 is 2.73 bits per heavy atom. The summed E-state index contributed by atoms with van der Waals surface area (Å²) in [4.78, 5) is 16.5. The number of hydrogen-bond donors (Lipinski definition) is 1. The second-order valence-corrected chi connectivity index (χ2v) is 6.26. The van der Waals surface area contributed by atoms with Crippen molar-refractivity contribution in [3.63, 3.8) is 0 Å². The summed E-state index contributed by atoms with van der Waals surface area (Å²) in [6.45, 7) is 1.89. The molecule has 0 unspecified atom stereocenters. The number of carbonyl (C=O) groups excluding carboxylic acids is 1. The normalized spacial score (nSPS) is 10.9. The standard InChI is InChI=1S/C15H9ClF2N2OS/c1-7-19-13-3-2-8(4-14(13)22-7)20-15(21)9-5-11(17)12(18)6-10(9)16/h2-6H,1H3,(H,20,21). The number of hydrogen-bond acceptors (Lipinski definition) is 3. The van der Waals surface area contributed by atoms with Crippen molar-refractivity contribution in [3.8, 4) is 0 Å². The molecule has 1 aromatic heterocycles. The Kier molecular flexibility index (Phi) is 3.80. The lowest BCUT2D eigenvalue weighted by Gasteiger charge is -2.07. The fourth-order valence-corrected chi connectivity index (χ4v) is 3.12. The van der Waals surface area contributed by atoms with Gasteiger partial charge in [0.25, 0.3) is 5.91 Å². The van der Waals surface area contributed by atoms with Crippen molar-refractivity contribution in [2.45, 2.75) is 6.92 Å². The van der Waals surface area contributed by atoms with Crippen LogP contribution in [0.3, 0.4) is 0 Å². The topological polar surface area (TPSA) is 42.0 Å². The zero-order valence-electron chi connectivity index (χ0n) is 11.3. The molecule has 0 bridgehead atoms. The average Bonchev–Trinajstić information content (AvgIpc) is 2.82. The number of anilines is 1. The molecule has 0 aliphatic carbocycles. The van der Waals surface area contributed by atoms with Gasteiger partial charge < -0.3 is 5.32 Å². The zero-order chi connectivity index (χ0) is 15.9. The first-order valence-electron chi connectivity index (χ1n) is 6.27. The van der Waals surface area contributed by atoms with Gasteiger partial charge in [-0.1, -0.05) is 11.6 Å². The molecule has 3 rings (SSSR count). The van der Waals surface area contributed by atoms with Crippen LogP contribution in [0.15, 0.2) is 30.3 Å². The van der Waals surface area contributed by atoms with Crippen molar-refractivity contribution in [1.82, 2.24) is 4.98 Å². The van der Waals surface area contributed by atoms with Gasteiger partial charge in [0.1, 0.15) is 0 Å². The summed E-state index contributed by atoms with van der Waals surface area (Å²) in [6.07, 6.45) is 0. The van der Waals surface area contributed by atoms with E-state index in [0.717, 1.165) is 27.4 Å². The first-order valence-corrected chi connectivity index (χ1v) is 7.46. The van der Waals surface area contributed by atoms with Gasteiger partial charge in [-0.2, -0.15) is 0 Å². The van der Waals surface area contributed by atoms with Crippen LogP contribution in [-0.2, 0) is 0 Å². The Labute approximate surface area is 133 Å². The Bertz CT molecular complexity index is 895. The van der Waals surface area contributed by atoms with Crippen LogP contribution in [-0.4, -0.2) is 10.9 Å². The summed E-state index contributed by atoms with van der Waals surface area (Å²) in [5.74, 6) is -2.82. The monoisotopic (exact) mass is 338 g/mol. The molecule has 0 saturated carbocycles. The van der Waals surface area contributed by atoms with Crippen LogP contribution in [0.1, 0.15) is 15.4 Å². The molecule has 0 aliphatic rings. The Hall–Kier alpha value is -2.05. The summed E-state index contributed by atoms with van der Waals surface area (Å²) in [7, 11) is 0. The van der Waals surface area contributed by atoms with Gasteiger partial charge in [-0.25, -0.2) is 13.8 Å². The highest BCUT2D eigenvalue weighted by molar-refractivity contribution is 7.18. The maximum atomic E-state index is 13.2. The molecular weight excluding hydrogens is 330 g/mol. The Morgan fingerprint density at radius 1 is 1.23 bits per heavy atom. The van der Waals surface area contributed by atoms with Crippen LogP contribution in [0.2, 0.25) is 5.02 Å². The lowest BCUT2D eigenvalue weighted by atomic mass is 10.2. The second kappa shape index (κ2) is 5.62. The van der Waals surface area contributed by atoms with E-state index in [9.17, 15) is 13.6 Å².